The largest absolute Gasteiger partial charge is 0.320 e. The zero-order chi connectivity index (χ0) is 16.8. The van der Waals surface area contributed by atoms with Gasteiger partial charge in [-0.15, -0.1) is 12.4 Å². The molecule has 1 aliphatic carbocycles. The maximum atomic E-state index is 13.2. The fraction of sp³-hybridized carbons (Fsp3) is 0.333. The average Bonchev–Trinajstić information content (AvgIpc) is 3.10. The van der Waals surface area contributed by atoms with Crippen LogP contribution in [0.25, 0.3) is 11.1 Å². The summed E-state index contributed by atoms with van der Waals surface area (Å²) in [6, 6.07) is 10.4. The van der Waals surface area contributed by atoms with Gasteiger partial charge in [-0.2, -0.15) is 11.3 Å². The van der Waals surface area contributed by atoms with Gasteiger partial charge in [0.05, 0.1) is 6.33 Å². The molecule has 2 aromatic heterocycles. The van der Waals surface area contributed by atoms with Crippen LogP contribution < -0.4 is 0 Å². The summed E-state index contributed by atoms with van der Waals surface area (Å²) in [5.41, 5.74) is 4.70. The van der Waals surface area contributed by atoms with Gasteiger partial charge in [0.1, 0.15) is 6.04 Å². The van der Waals surface area contributed by atoms with Crippen molar-refractivity contribution in [3.05, 3.63) is 64.9 Å². The summed E-state index contributed by atoms with van der Waals surface area (Å²) in [7, 11) is 0. The lowest BCUT2D eigenvalue weighted by Gasteiger charge is -2.30. The zero-order valence-corrected chi connectivity index (χ0v) is 16.0. The monoisotopic (exact) mass is 384 g/mol. The van der Waals surface area contributed by atoms with Gasteiger partial charge in [-0.25, -0.2) is 4.98 Å². The first-order valence-electron chi connectivity index (χ1n) is 8.96. The van der Waals surface area contributed by atoms with E-state index in [0.29, 0.717) is 5.78 Å². The maximum absolute atomic E-state index is 13.2. The molecule has 0 amide bonds. The number of nitrogens with zero attached hydrogens (tertiary/aromatic N) is 2. The van der Waals surface area contributed by atoms with Gasteiger partial charge in [-0.3, -0.25) is 4.79 Å². The van der Waals surface area contributed by atoms with Gasteiger partial charge in [0.25, 0.3) is 0 Å². The maximum Gasteiger partial charge on any atom is 0.163 e. The average molecular weight is 385 g/mol. The fourth-order valence-corrected chi connectivity index (χ4v) is 4.67. The quantitative estimate of drug-likeness (QED) is 0.622. The van der Waals surface area contributed by atoms with Gasteiger partial charge in [-0.05, 0) is 52.3 Å². The van der Waals surface area contributed by atoms with Crippen molar-refractivity contribution in [3.8, 4) is 11.1 Å². The van der Waals surface area contributed by atoms with Crippen molar-refractivity contribution in [2.75, 3.05) is 0 Å². The standard InChI is InChI=1S/C21H20N2OS.ClH/c24-21-18(9-14-1-2-14)10-19-11-22-13-23(19)20(21)16-5-3-15(4-6-16)17-7-8-25-12-17;/h3-8,11-14,18,20H,1-2,9-10H2;1H. The summed E-state index contributed by atoms with van der Waals surface area (Å²) in [4.78, 5) is 17.5. The molecule has 1 aliphatic heterocycles. The third kappa shape index (κ3) is 3.12. The molecule has 2 unspecified atom stereocenters. The summed E-state index contributed by atoms with van der Waals surface area (Å²) in [6.07, 6.45) is 8.23. The minimum Gasteiger partial charge on any atom is -0.320 e. The van der Waals surface area contributed by atoms with E-state index in [1.807, 2.05) is 12.5 Å². The smallest absolute Gasteiger partial charge is 0.163 e. The molecular weight excluding hydrogens is 364 g/mol. The van der Waals surface area contributed by atoms with E-state index in [2.05, 4.69) is 50.6 Å². The molecule has 3 heterocycles. The van der Waals surface area contributed by atoms with Gasteiger partial charge in [0.2, 0.25) is 0 Å². The van der Waals surface area contributed by atoms with Crippen LogP contribution in [0.4, 0.5) is 0 Å². The van der Waals surface area contributed by atoms with E-state index in [0.717, 1.165) is 24.3 Å². The third-order valence-electron chi connectivity index (χ3n) is 5.55. The molecule has 0 saturated heterocycles. The van der Waals surface area contributed by atoms with E-state index in [9.17, 15) is 4.79 Å². The Kier molecular flexibility index (Phi) is 4.72. The molecule has 3 nitrogen and oxygen atoms in total. The molecule has 0 bridgehead atoms. The van der Waals surface area contributed by atoms with Crippen LogP contribution >= 0.6 is 23.7 Å². The Hall–Kier alpha value is -1.91. The number of ketones is 1. The molecule has 1 saturated carbocycles. The first-order valence-corrected chi connectivity index (χ1v) is 9.91. The van der Waals surface area contributed by atoms with E-state index in [4.69, 9.17) is 0 Å². The number of Topliss-reactive ketones (excluding diaryl/α,β-unsaturated/α-hetero) is 1. The topological polar surface area (TPSA) is 34.9 Å². The molecule has 5 rings (SSSR count). The first kappa shape index (κ1) is 17.5. The number of thiophene rings is 1. The summed E-state index contributed by atoms with van der Waals surface area (Å²) >= 11 is 1.70. The highest BCUT2D eigenvalue weighted by Crippen LogP contribution is 2.40. The van der Waals surface area contributed by atoms with Gasteiger partial charge >= 0.3 is 0 Å². The van der Waals surface area contributed by atoms with Crippen LogP contribution in [0.1, 0.15) is 36.6 Å². The molecule has 1 fully saturated rings. The Morgan fingerprint density at radius 2 is 1.92 bits per heavy atom. The number of aromatic nitrogens is 2. The molecule has 1 aromatic carbocycles. The van der Waals surface area contributed by atoms with E-state index >= 15 is 0 Å². The molecular formula is C21H21ClN2OS. The van der Waals surface area contributed by atoms with Crippen LogP contribution in [0, 0.1) is 11.8 Å². The van der Waals surface area contributed by atoms with Crippen molar-refractivity contribution >= 4 is 29.5 Å². The number of rotatable bonds is 4. The molecule has 5 heteroatoms. The summed E-state index contributed by atoms with van der Waals surface area (Å²) in [5.74, 6) is 1.28. The molecule has 2 aliphatic rings. The number of carbonyl (C=O) groups excluding carboxylic acids is 1. The van der Waals surface area contributed by atoms with Crippen LogP contribution in [-0.4, -0.2) is 15.3 Å². The highest BCUT2D eigenvalue weighted by atomic mass is 35.5. The number of hydrogen-bond acceptors (Lipinski definition) is 3. The summed E-state index contributed by atoms with van der Waals surface area (Å²) in [5, 5.41) is 4.24. The lowest BCUT2D eigenvalue weighted by molar-refractivity contribution is -0.126. The van der Waals surface area contributed by atoms with E-state index in [-0.39, 0.29) is 24.4 Å². The molecule has 26 heavy (non-hydrogen) atoms. The Labute approximate surface area is 163 Å². The highest BCUT2D eigenvalue weighted by molar-refractivity contribution is 7.08. The molecule has 2 atom stereocenters. The SMILES string of the molecule is Cl.O=C1C(CC2CC2)Cc2cncn2C1c1ccc(-c2ccsc2)cc1. The molecule has 0 radical (unpaired) electrons. The van der Waals surface area contributed by atoms with Crippen LogP contribution in [-0.2, 0) is 11.2 Å². The van der Waals surface area contributed by atoms with E-state index < -0.39 is 0 Å². The van der Waals surface area contributed by atoms with Crippen molar-refractivity contribution in [2.45, 2.75) is 31.7 Å². The Balaban J connectivity index is 0.00000168. The Morgan fingerprint density at radius 3 is 2.62 bits per heavy atom. The lowest BCUT2D eigenvalue weighted by atomic mass is 9.83. The second-order valence-electron chi connectivity index (χ2n) is 7.31. The Bertz CT molecular complexity index is 897. The second kappa shape index (κ2) is 7.01. The minimum absolute atomic E-state index is 0. The van der Waals surface area contributed by atoms with Gasteiger partial charge < -0.3 is 4.57 Å². The second-order valence-corrected chi connectivity index (χ2v) is 8.09. The van der Waals surface area contributed by atoms with Crippen molar-refractivity contribution in [2.24, 2.45) is 11.8 Å². The molecule has 134 valence electrons. The van der Waals surface area contributed by atoms with Crippen molar-refractivity contribution in [1.82, 2.24) is 9.55 Å². The van der Waals surface area contributed by atoms with Crippen LogP contribution in [0.5, 0.6) is 0 Å². The van der Waals surface area contributed by atoms with Gasteiger partial charge in [0, 0.05) is 17.8 Å². The van der Waals surface area contributed by atoms with Gasteiger partial charge in [-0.1, -0.05) is 37.1 Å². The molecule has 3 aromatic rings. The van der Waals surface area contributed by atoms with E-state index in [1.165, 1.54) is 29.7 Å². The third-order valence-corrected chi connectivity index (χ3v) is 6.23. The van der Waals surface area contributed by atoms with Crippen LogP contribution in [0.2, 0.25) is 0 Å². The predicted molar refractivity (Wildman–Crippen MR) is 107 cm³/mol. The number of hydrogen-bond donors (Lipinski definition) is 0. The van der Waals surface area contributed by atoms with E-state index in [1.54, 1.807) is 11.3 Å². The lowest BCUT2D eigenvalue weighted by Crippen LogP contribution is -2.35. The predicted octanol–water partition coefficient (Wildman–Crippen LogP) is 5.16. The summed E-state index contributed by atoms with van der Waals surface area (Å²) in [6.45, 7) is 0. The fourth-order valence-electron chi connectivity index (χ4n) is 4.00. The van der Waals surface area contributed by atoms with Crippen LogP contribution in [0.15, 0.2) is 53.6 Å². The zero-order valence-electron chi connectivity index (χ0n) is 14.4. The highest BCUT2D eigenvalue weighted by Gasteiger charge is 2.38. The number of imidazole rings is 1. The Morgan fingerprint density at radius 1 is 1.12 bits per heavy atom. The normalized spacial score (nSPS) is 21.9. The first-order chi connectivity index (χ1) is 12.3. The van der Waals surface area contributed by atoms with Gasteiger partial charge in [0.15, 0.2) is 5.78 Å². The summed E-state index contributed by atoms with van der Waals surface area (Å²) < 4.78 is 2.07. The number of fused-ring (bicyclic) bond motifs is 1. The number of benzene rings is 1. The van der Waals surface area contributed by atoms with Crippen molar-refractivity contribution < 1.29 is 4.79 Å². The minimum atomic E-state index is -0.216. The number of halogens is 1. The number of carbonyl (C=O) groups is 1. The molecule has 0 spiro atoms. The van der Waals surface area contributed by atoms with Crippen molar-refractivity contribution in [3.63, 3.8) is 0 Å². The van der Waals surface area contributed by atoms with Crippen molar-refractivity contribution in [1.29, 1.82) is 0 Å². The molecule has 0 N–H and O–H groups in total. The van der Waals surface area contributed by atoms with Crippen LogP contribution in [0.3, 0.4) is 0 Å².